The van der Waals surface area contributed by atoms with E-state index >= 15 is 0 Å². The van der Waals surface area contributed by atoms with Crippen LogP contribution in [0.1, 0.15) is 16.0 Å². The van der Waals surface area contributed by atoms with Crippen LogP contribution in [0.25, 0.3) is 0 Å². The maximum absolute atomic E-state index is 14.2. The quantitative estimate of drug-likeness (QED) is 0.591. The second-order valence-corrected chi connectivity index (χ2v) is 9.10. The highest BCUT2D eigenvalue weighted by Crippen LogP contribution is 2.54. The lowest BCUT2D eigenvalue weighted by molar-refractivity contribution is 0.173. The van der Waals surface area contributed by atoms with Crippen LogP contribution in [0, 0.1) is 5.82 Å². The van der Waals surface area contributed by atoms with Gasteiger partial charge in [-0.05, 0) is 42.0 Å². The number of benzene rings is 2. The fraction of sp³-hybridized carbons (Fsp3) is 0.238. The minimum Gasteiger partial charge on any atom is -0.492 e. The first kappa shape index (κ1) is 16.5. The Morgan fingerprint density at radius 1 is 1.00 bits per heavy atom. The van der Waals surface area contributed by atoms with Crippen LogP contribution in [0.2, 0.25) is 4.34 Å². The molecule has 28 heavy (non-hydrogen) atoms. The SMILES string of the molecule is Fc1ccc2c(c1)C1(COc3cc4c(cc31)OCO4)CN2Cc1ccc(Cl)s1. The van der Waals surface area contributed by atoms with Crippen molar-refractivity contribution in [3.8, 4) is 17.2 Å². The molecule has 3 aliphatic rings. The Hall–Kier alpha value is -2.44. The van der Waals surface area contributed by atoms with E-state index in [0.29, 0.717) is 24.7 Å². The number of halogens is 2. The van der Waals surface area contributed by atoms with Gasteiger partial charge in [0.05, 0.1) is 16.3 Å². The second-order valence-electron chi connectivity index (χ2n) is 7.30. The predicted octanol–water partition coefficient (Wildman–Crippen LogP) is 4.97. The minimum atomic E-state index is -0.436. The average Bonchev–Trinajstić information content (AvgIpc) is 3.43. The number of rotatable bonds is 2. The molecule has 4 heterocycles. The van der Waals surface area contributed by atoms with Crippen LogP contribution >= 0.6 is 22.9 Å². The molecule has 0 saturated carbocycles. The van der Waals surface area contributed by atoms with Crippen LogP contribution in [-0.4, -0.2) is 19.9 Å². The predicted molar refractivity (Wildman–Crippen MR) is 106 cm³/mol. The van der Waals surface area contributed by atoms with Crippen molar-refractivity contribution < 1.29 is 18.6 Å². The molecule has 6 rings (SSSR count). The van der Waals surface area contributed by atoms with Crippen LogP contribution in [0.4, 0.5) is 10.1 Å². The van der Waals surface area contributed by atoms with E-state index in [-0.39, 0.29) is 12.6 Å². The van der Waals surface area contributed by atoms with Crippen molar-refractivity contribution in [3.63, 3.8) is 0 Å². The van der Waals surface area contributed by atoms with Gasteiger partial charge in [0.25, 0.3) is 0 Å². The molecule has 0 bridgehead atoms. The zero-order valence-corrected chi connectivity index (χ0v) is 16.3. The van der Waals surface area contributed by atoms with Crippen LogP contribution < -0.4 is 19.1 Å². The maximum Gasteiger partial charge on any atom is 0.231 e. The third kappa shape index (κ3) is 2.28. The first-order valence-electron chi connectivity index (χ1n) is 8.98. The molecule has 0 aliphatic carbocycles. The van der Waals surface area contributed by atoms with E-state index in [4.69, 9.17) is 25.8 Å². The van der Waals surface area contributed by atoms with E-state index in [0.717, 1.165) is 33.4 Å². The van der Waals surface area contributed by atoms with Gasteiger partial charge in [-0.1, -0.05) is 11.6 Å². The van der Waals surface area contributed by atoms with Gasteiger partial charge in [-0.3, -0.25) is 0 Å². The zero-order valence-electron chi connectivity index (χ0n) is 14.7. The molecule has 0 amide bonds. The summed E-state index contributed by atoms with van der Waals surface area (Å²) in [7, 11) is 0. The smallest absolute Gasteiger partial charge is 0.231 e. The number of hydrogen-bond acceptors (Lipinski definition) is 5. The van der Waals surface area contributed by atoms with Crippen LogP contribution in [0.15, 0.2) is 42.5 Å². The van der Waals surface area contributed by atoms with E-state index in [1.807, 2.05) is 30.3 Å². The number of nitrogens with zero attached hydrogens (tertiary/aromatic N) is 1. The lowest BCUT2D eigenvalue weighted by Gasteiger charge is -2.25. The Morgan fingerprint density at radius 3 is 2.68 bits per heavy atom. The number of hydrogen-bond donors (Lipinski definition) is 0. The zero-order chi connectivity index (χ0) is 18.9. The summed E-state index contributed by atoms with van der Waals surface area (Å²) in [6, 6.07) is 12.8. The summed E-state index contributed by atoms with van der Waals surface area (Å²) >= 11 is 7.68. The first-order valence-corrected chi connectivity index (χ1v) is 10.2. The van der Waals surface area contributed by atoms with Gasteiger partial charge in [-0.25, -0.2) is 4.39 Å². The summed E-state index contributed by atoms with van der Waals surface area (Å²) in [5, 5.41) is 0. The summed E-state index contributed by atoms with van der Waals surface area (Å²) in [4.78, 5) is 3.45. The van der Waals surface area contributed by atoms with E-state index in [9.17, 15) is 4.39 Å². The van der Waals surface area contributed by atoms with Gasteiger partial charge in [0.15, 0.2) is 11.5 Å². The molecule has 0 N–H and O–H groups in total. The van der Waals surface area contributed by atoms with Crippen LogP contribution in [-0.2, 0) is 12.0 Å². The van der Waals surface area contributed by atoms with Gasteiger partial charge < -0.3 is 19.1 Å². The van der Waals surface area contributed by atoms with Gasteiger partial charge in [-0.2, -0.15) is 0 Å². The van der Waals surface area contributed by atoms with Crippen molar-refractivity contribution in [2.24, 2.45) is 0 Å². The van der Waals surface area contributed by atoms with E-state index in [1.54, 1.807) is 17.4 Å². The molecule has 7 heteroatoms. The van der Waals surface area contributed by atoms with E-state index in [2.05, 4.69) is 4.90 Å². The largest absolute Gasteiger partial charge is 0.492 e. The summed E-state index contributed by atoms with van der Waals surface area (Å²) in [5.41, 5.74) is 2.57. The third-order valence-electron chi connectivity index (χ3n) is 5.72. The molecule has 2 aromatic carbocycles. The topological polar surface area (TPSA) is 30.9 Å². The number of ether oxygens (including phenoxy) is 3. The molecule has 0 fully saturated rings. The van der Waals surface area contributed by atoms with Crippen LogP contribution in [0.5, 0.6) is 17.2 Å². The highest BCUT2D eigenvalue weighted by atomic mass is 35.5. The number of thiophene rings is 1. The maximum atomic E-state index is 14.2. The van der Waals surface area contributed by atoms with E-state index in [1.165, 1.54) is 10.9 Å². The minimum absolute atomic E-state index is 0.210. The average molecular weight is 416 g/mol. The summed E-state index contributed by atoms with van der Waals surface area (Å²) in [6.45, 7) is 2.09. The van der Waals surface area contributed by atoms with Gasteiger partial charge in [-0.15, -0.1) is 11.3 Å². The molecule has 1 spiro atoms. The second kappa shape index (κ2) is 5.78. The molecular formula is C21H15ClFNO3S. The molecule has 1 aromatic heterocycles. The Morgan fingerprint density at radius 2 is 1.86 bits per heavy atom. The van der Waals surface area contributed by atoms with Crippen molar-refractivity contribution in [1.82, 2.24) is 0 Å². The standard InChI is InChI=1S/C21H15ClFNO3S/c22-20-4-2-13(28-20)8-24-9-21(14-5-12(23)1-3-16(14)24)10-25-17-7-19-18(6-15(17)21)26-11-27-19/h1-7H,8-11H2. The fourth-order valence-corrected chi connectivity index (χ4v) is 5.58. The molecule has 0 radical (unpaired) electrons. The third-order valence-corrected chi connectivity index (χ3v) is 6.93. The highest BCUT2D eigenvalue weighted by molar-refractivity contribution is 7.16. The normalized spacial score (nSPS) is 21.1. The Bertz CT molecular complexity index is 1120. The molecule has 142 valence electrons. The molecule has 4 nitrogen and oxygen atoms in total. The number of fused-ring (bicyclic) bond motifs is 5. The van der Waals surface area contributed by atoms with E-state index < -0.39 is 5.41 Å². The highest BCUT2D eigenvalue weighted by Gasteiger charge is 2.50. The monoisotopic (exact) mass is 415 g/mol. The summed E-state index contributed by atoms with van der Waals surface area (Å²) in [5.74, 6) is 1.94. The fourth-order valence-electron chi connectivity index (χ4n) is 4.48. The van der Waals surface area contributed by atoms with Gasteiger partial charge in [0.1, 0.15) is 18.2 Å². The summed E-state index contributed by atoms with van der Waals surface area (Å²) in [6.07, 6.45) is 0. The number of anilines is 1. The van der Waals surface area contributed by atoms with Crippen molar-refractivity contribution >= 4 is 28.6 Å². The van der Waals surface area contributed by atoms with Gasteiger partial charge in [0, 0.05) is 28.7 Å². The molecule has 0 saturated heterocycles. The Balaban J connectivity index is 1.48. The lowest BCUT2D eigenvalue weighted by atomic mass is 9.77. The van der Waals surface area contributed by atoms with Crippen molar-refractivity contribution in [2.45, 2.75) is 12.0 Å². The molecule has 1 unspecified atom stereocenters. The lowest BCUT2D eigenvalue weighted by Crippen LogP contribution is -2.35. The van der Waals surface area contributed by atoms with Crippen molar-refractivity contribution in [2.75, 3.05) is 24.8 Å². The molecule has 3 aliphatic heterocycles. The Labute approximate surface area is 170 Å². The molecule has 1 atom stereocenters. The van der Waals surface area contributed by atoms with Crippen molar-refractivity contribution in [3.05, 3.63) is 68.6 Å². The summed E-state index contributed by atoms with van der Waals surface area (Å²) < 4.78 is 32.1. The van der Waals surface area contributed by atoms with Gasteiger partial charge in [0.2, 0.25) is 6.79 Å². The molecular weight excluding hydrogens is 401 g/mol. The molecule has 3 aromatic rings. The Kier molecular flexibility index (Phi) is 3.41. The van der Waals surface area contributed by atoms with Crippen LogP contribution in [0.3, 0.4) is 0 Å². The van der Waals surface area contributed by atoms with Gasteiger partial charge >= 0.3 is 0 Å². The first-order chi connectivity index (χ1) is 13.6. The van der Waals surface area contributed by atoms with Crippen molar-refractivity contribution in [1.29, 1.82) is 0 Å².